The number of aromatic nitrogens is 1. The van der Waals surface area contributed by atoms with E-state index in [0.29, 0.717) is 4.88 Å². The molecule has 0 radical (unpaired) electrons. The lowest BCUT2D eigenvalue weighted by Crippen LogP contribution is -2.29. The van der Waals surface area contributed by atoms with Gasteiger partial charge in [0.2, 0.25) is 0 Å². The number of rotatable bonds is 2. The van der Waals surface area contributed by atoms with Gasteiger partial charge in [-0.3, -0.25) is 4.79 Å². The summed E-state index contributed by atoms with van der Waals surface area (Å²) in [7, 11) is 0. The predicted octanol–water partition coefficient (Wildman–Crippen LogP) is 1.59. The predicted molar refractivity (Wildman–Crippen MR) is 49.5 cm³/mol. The molecular formula is C8H12N2OS. The molecule has 0 unspecified atom stereocenters. The van der Waals surface area contributed by atoms with Gasteiger partial charge in [-0.2, -0.15) is 0 Å². The van der Waals surface area contributed by atoms with Gasteiger partial charge in [0, 0.05) is 6.04 Å². The van der Waals surface area contributed by atoms with E-state index in [9.17, 15) is 4.79 Å². The first kappa shape index (κ1) is 9.19. The number of hydrogen-bond donors (Lipinski definition) is 1. The van der Waals surface area contributed by atoms with Crippen LogP contribution in [0.25, 0.3) is 0 Å². The van der Waals surface area contributed by atoms with Gasteiger partial charge >= 0.3 is 0 Å². The van der Waals surface area contributed by atoms with Gasteiger partial charge < -0.3 is 5.32 Å². The average molecular weight is 184 g/mol. The van der Waals surface area contributed by atoms with E-state index < -0.39 is 0 Å². The monoisotopic (exact) mass is 184 g/mol. The molecule has 0 saturated carbocycles. The lowest BCUT2D eigenvalue weighted by atomic mass is 10.3. The van der Waals surface area contributed by atoms with Crippen molar-refractivity contribution in [1.29, 1.82) is 0 Å². The van der Waals surface area contributed by atoms with Gasteiger partial charge in [-0.05, 0) is 20.8 Å². The number of amides is 1. The summed E-state index contributed by atoms with van der Waals surface area (Å²) < 4.78 is 0. The molecule has 0 fully saturated rings. The van der Waals surface area contributed by atoms with E-state index in [1.54, 1.807) is 5.51 Å². The maximum atomic E-state index is 11.4. The van der Waals surface area contributed by atoms with E-state index in [4.69, 9.17) is 0 Å². The highest BCUT2D eigenvalue weighted by molar-refractivity contribution is 7.11. The highest BCUT2D eigenvalue weighted by Crippen LogP contribution is 2.11. The van der Waals surface area contributed by atoms with Gasteiger partial charge in [0.05, 0.1) is 11.2 Å². The molecule has 0 aliphatic carbocycles. The number of carbonyl (C=O) groups excluding carboxylic acids is 1. The maximum absolute atomic E-state index is 11.4. The molecule has 12 heavy (non-hydrogen) atoms. The third-order valence-corrected chi connectivity index (χ3v) is 2.30. The molecule has 3 nitrogen and oxygen atoms in total. The van der Waals surface area contributed by atoms with Crippen LogP contribution in [-0.2, 0) is 0 Å². The second kappa shape index (κ2) is 3.67. The van der Waals surface area contributed by atoms with E-state index in [0.717, 1.165) is 5.69 Å². The lowest BCUT2D eigenvalue weighted by molar-refractivity contribution is 0.0946. The van der Waals surface area contributed by atoms with E-state index in [1.807, 2.05) is 20.8 Å². The molecule has 1 heterocycles. The molecule has 0 saturated heterocycles. The van der Waals surface area contributed by atoms with Crippen LogP contribution in [0.2, 0.25) is 0 Å². The largest absolute Gasteiger partial charge is 0.349 e. The van der Waals surface area contributed by atoms with E-state index in [-0.39, 0.29) is 11.9 Å². The molecule has 0 spiro atoms. The van der Waals surface area contributed by atoms with Crippen molar-refractivity contribution in [3.05, 3.63) is 16.1 Å². The number of aryl methyl sites for hydroxylation is 1. The Morgan fingerprint density at radius 2 is 2.33 bits per heavy atom. The van der Waals surface area contributed by atoms with E-state index >= 15 is 0 Å². The summed E-state index contributed by atoms with van der Waals surface area (Å²) in [5.74, 6) is -0.0231. The van der Waals surface area contributed by atoms with Crippen molar-refractivity contribution in [2.45, 2.75) is 26.8 Å². The molecule has 0 atom stereocenters. The fourth-order valence-electron chi connectivity index (χ4n) is 0.848. The van der Waals surface area contributed by atoms with Crippen molar-refractivity contribution in [1.82, 2.24) is 10.3 Å². The minimum Gasteiger partial charge on any atom is -0.349 e. The molecule has 1 amide bonds. The summed E-state index contributed by atoms with van der Waals surface area (Å²) in [4.78, 5) is 16.1. The van der Waals surface area contributed by atoms with Gasteiger partial charge in [0.25, 0.3) is 5.91 Å². The number of carbonyl (C=O) groups is 1. The Morgan fingerprint density at radius 1 is 1.67 bits per heavy atom. The fraction of sp³-hybridized carbons (Fsp3) is 0.500. The summed E-state index contributed by atoms with van der Waals surface area (Å²) in [5, 5.41) is 2.82. The third kappa shape index (κ3) is 2.04. The van der Waals surface area contributed by atoms with Crippen LogP contribution in [0.15, 0.2) is 5.51 Å². The Balaban J connectivity index is 2.72. The highest BCUT2D eigenvalue weighted by atomic mass is 32.1. The molecule has 1 rings (SSSR count). The molecule has 0 aliphatic rings. The summed E-state index contributed by atoms with van der Waals surface area (Å²) in [6.45, 7) is 5.72. The summed E-state index contributed by atoms with van der Waals surface area (Å²) in [6.07, 6.45) is 0. The second-order valence-electron chi connectivity index (χ2n) is 2.90. The van der Waals surface area contributed by atoms with Crippen molar-refractivity contribution < 1.29 is 4.79 Å². The van der Waals surface area contributed by atoms with Crippen LogP contribution in [0.4, 0.5) is 0 Å². The smallest absolute Gasteiger partial charge is 0.263 e. The average Bonchev–Trinajstić information content (AvgIpc) is 2.33. The summed E-state index contributed by atoms with van der Waals surface area (Å²) >= 11 is 1.38. The van der Waals surface area contributed by atoms with E-state index in [2.05, 4.69) is 10.3 Å². The van der Waals surface area contributed by atoms with Crippen LogP contribution in [0, 0.1) is 6.92 Å². The van der Waals surface area contributed by atoms with Gasteiger partial charge in [-0.15, -0.1) is 11.3 Å². The van der Waals surface area contributed by atoms with Crippen molar-refractivity contribution in [2.75, 3.05) is 0 Å². The van der Waals surface area contributed by atoms with Crippen LogP contribution < -0.4 is 5.32 Å². The zero-order chi connectivity index (χ0) is 9.14. The zero-order valence-corrected chi connectivity index (χ0v) is 8.23. The van der Waals surface area contributed by atoms with Crippen LogP contribution in [0.1, 0.15) is 29.2 Å². The van der Waals surface area contributed by atoms with Crippen molar-refractivity contribution in [3.63, 3.8) is 0 Å². The Kier molecular flexibility index (Phi) is 2.81. The Bertz CT molecular complexity index is 280. The summed E-state index contributed by atoms with van der Waals surface area (Å²) in [5.41, 5.74) is 2.49. The van der Waals surface area contributed by atoms with Crippen molar-refractivity contribution in [3.8, 4) is 0 Å². The fourth-order valence-corrected chi connectivity index (χ4v) is 1.55. The minimum atomic E-state index is -0.0231. The number of nitrogens with one attached hydrogen (secondary N) is 1. The minimum absolute atomic E-state index is 0.0231. The number of nitrogens with zero attached hydrogens (tertiary/aromatic N) is 1. The topological polar surface area (TPSA) is 42.0 Å². The van der Waals surface area contributed by atoms with Crippen LogP contribution in [0.3, 0.4) is 0 Å². The first-order chi connectivity index (χ1) is 5.61. The van der Waals surface area contributed by atoms with Crippen molar-refractivity contribution in [2.24, 2.45) is 0 Å². The van der Waals surface area contributed by atoms with Crippen molar-refractivity contribution >= 4 is 17.2 Å². The van der Waals surface area contributed by atoms with Crippen LogP contribution in [-0.4, -0.2) is 16.9 Å². The van der Waals surface area contributed by atoms with Crippen LogP contribution >= 0.6 is 11.3 Å². The molecule has 0 bridgehead atoms. The normalized spacial score (nSPS) is 10.3. The Labute approximate surface area is 75.8 Å². The highest BCUT2D eigenvalue weighted by Gasteiger charge is 2.11. The SMILES string of the molecule is Cc1ncsc1C(=O)NC(C)C. The van der Waals surface area contributed by atoms with E-state index in [1.165, 1.54) is 11.3 Å². The molecule has 1 aromatic rings. The molecule has 66 valence electrons. The molecule has 4 heteroatoms. The van der Waals surface area contributed by atoms with Gasteiger partial charge in [0.15, 0.2) is 0 Å². The first-order valence-electron chi connectivity index (χ1n) is 3.82. The van der Waals surface area contributed by atoms with Gasteiger partial charge in [-0.25, -0.2) is 4.98 Å². The molecule has 1 N–H and O–H groups in total. The molecular weight excluding hydrogens is 172 g/mol. The third-order valence-electron chi connectivity index (χ3n) is 1.37. The Morgan fingerprint density at radius 3 is 2.75 bits per heavy atom. The quantitative estimate of drug-likeness (QED) is 0.758. The second-order valence-corrected chi connectivity index (χ2v) is 3.75. The zero-order valence-electron chi connectivity index (χ0n) is 7.42. The standard InChI is InChI=1S/C8H12N2OS/c1-5(2)10-8(11)7-6(3)9-4-12-7/h4-5H,1-3H3,(H,10,11). The first-order valence-corrected chi connectivity index (χ1v) is 4.70. The van der Waals surface area contributed by atoms with Gasteiger partial charge in [-0.1, -0.05) is 0 Å². The molecule has 0 aliphatic heterocycles. The number of thiazole rings is 1. The number of hydrogen-bond acceptors (Lipinski definition) is 3. The Hall–Kier alpha value is -0.900. The lowest BCUT2D eigenvalue weighted by Gasteiger charge is -2.06. The maximum Gasteiger partial charge on any atom is 0.263 e. The molecule has 0 aromatic carbocycles. The molecule has 1 aromatic heterocycles. The summed E-state index contributed by atoms with van der Waals surface area (Å²) in [6, 6.07) is 0.180. The van der Waals surface area contributed by atoms with Crippen LogP contribution in [0.5, 0.6) is 0 Å². The van der Waals surface area contributed by atoms with Gasteiger partial charge in [0.1, 0.15) is 4.88 Å².